The van der Waals surface area contributed by atoms with E-state index in [2.05, 4.69) is 24.8 Å². The highest BCUT2D eigenvalue weighted by molar-refractivity contribution is 5.85. The van der Waals surface area contributed by atoms with Gasteiger partial charge in [0.1, 0.15) is 0 Å². The van der Waals surface area contributed by atoms with Gasteiger partial charge in [0.15, 0.2) is 11.5 Å². The molecule has 2 rings (SSSR count). The SMILES string of the molecule is COc1cc(C)c(CN2CCC(C(C)N)C2)cc1OC.Cl. The number of nitrogens with zero attached hydrogens (tertiary/aromatic N) is 1. The van der Waals surface area contributed by atoms with Crippen molar-refractivity contribution in [3.8, 4) is 11.5 Å². The van der Waals surface area contributed by atoms with Crippen LogP contribution in [0.4, 0.5) is 0 Å². The van der Waals surface area contributed by atoms with Crippen molar-refractivity contribution in [1.29, 1.82) is 0 Å². The summed E-state index contributed by atoms with van der Waals surface area (Å²) in [6, 6.07) is 4.42. The molecule has 1 heterocycles. The van der Waals surface area contributed by atoms with Crippen LogP contribution in [0.5, 0.6) is 11.5 Å². The molecule has 1 aromatic rings. The maximum atomic E-state index is 6.00. The van der Waals surface area contributed by atoms with Crippen LogP contribution >= 0.6 is 12.4 Å². The van der Waals surface area contributed by atoms with Crippen LogP contribution in [-0.2, 0) is 6.54 Å². The molecule has 0 bridgehead atoms. The number of halogens is 1. The van der Waals surface area contributed by atoms with Gasteiger partial charge in [-0.1, -0.05) is 0 Å². The van der Waals surface area contributed by atoms with Gasteiger partial charge in [0.25, 0.3) is 0 Å². The van der Waals surface area contributed by atoms with Crippen LogP contribution in [0.1, 0.15) is 24.5 Å². The molecule has 0 aliphatic carbocycles. The Kier molecular flexibility index (Phi) is 6.78. The predicted molar refractivity (Wildman–Crippen MR) is 88.6 cm³/mol. The Bertz CT molecular complexity index is 466. The van der Waals surface area contributed by atoms with E-state index < -0.39 is 0 Å². The number of hydrogen-bond donors (Lipinski definition) is 1. The molecule has 0 aromatic heterocycles. The van der Waals surface area contributed by atoms with Gasteiger partial charge in [-0.2, -0.15) is 0 Å². The molecule has 5 heteroatoms. The van der Waals surface area contributed by atoms with Crippen molar-refractivity contribution >= 4 is 12.4 Å². The van der Waals surface area contributed by atoms with Gasteiger partial charge in [-0.15, -0.1) is 12.4 Å². The van der Waals surface area contributed by atoms with E-state index in [-0.39, 0.29) is 18.4 Å². The molecule has 4 nitrogen and oxygen atoms in total. The molecule has 21 heavy (non-hydrogen) atoms. The molecule has 0 radical (unpaired) electrons. The fourth-order valence-corrected chi connectivity index (χ4v) is 2.87. The molecule has 1 fully saturated rings. The normalized spacial score (nSPS) is 20.0. The topological polar surface area (TPSA) is 47.7 Å². The van der Waals surface area contributed by atoms with Crippen LogP contribution in [0.25, 0.3) is 0 Å². The van der Waals surface area contributed by atoms with E-state index in [1.54, 1.807) is 14.2 Å². The van der Waals surface area contributed by atoms with Gasteiger partial charge in [-0.05, 0) is 56.0 Å². The van der Waals surface area contributed by atoms with E-state index in [1.807, 2.05) is 6.07 Å². The highest BCUT2D eigenvalue weighted by Gasteiger charge is 2.25. The molecule has 1 saturated heterocycles. The summed E-state index contributed by atoms with van der Waals surface area (Å²) in [7, 11) is 3.35. The highest BCUT2D eigenvalue weighted by atomic mass is 35.5. The number of methoxy groups -OCH3 is 2. The number of ether oxygens (including phenoxy) is 2. The van der Waals surface area contributed by atoms with Gasteiger partial charge in [-0.25, -0.2) is 0 Å². The predicted octanol–water partition coefficient (Wildman–Crippen LogP) is 2.60. The first kappa shape index (κ1) is 18.1. The monoisotopic (exact) mass is 314 g/mol. The van der Waals surface area contributed by atoms with E-state index in [0.29, 0.717) is 5.92 Å². The van der Waals surface area contributed by atoms with Gasteiger partial charge in [-0.3, -0.25) is 4.90 Å². The summed E-state index contributed by atoms with van der Waals surface area (Å²) in [6.07, 6.45) is 1.20. The largest absolute Gasteiger partial charge is 0.493 e. The zero-order valence-corrected chi connectivity index (χ0v) is 14.2. The van der Waals surface area contributed by atoms with Gasteiger partial charge in [0.2, 0.25) is 0 Å². The van der Waals surface area contributed by atoms with Crippen LogP contribution < -0.4 is 15.2 Å². The van der Waals surface area contributed by atoms with Crippen molar-refractivity contribution in [2.45, 2.75) is 32.9 Å². The minimum absolute atomic E-state index is 0. The quantitative estimate of drug-likeness (QED) is 0.907. The van der Waals surface area contributed by atoms with Crippen molar-refractivity contribution in [2.75, 3.05) is 27.3 Å². The van der Waals surface area contributed by atoms with Gasteiger partial charge in [0, 0.05) is 19.1 Å². The lowest BCUT2D eigenvalue weighted by Crippen LogP contribution is -2.29. The number of benzene rings is 1. The van der Waals surface area contributed by atoms with Crippen LogP contribution in [0, 0.1) is 12.8 Å². The third-order valence-corrected chi connectivity index (χ3v) is 4.29. The molecular formula is C16H27ClN2O2. The third-order valence-electron chi connectivity index (χ3n) is 4.29. The molecular weight excluding hydrogens is 288 g/mol. The minimum atomic E-state index is 0. The number of aryl methyl sites for hydroxylation is 1. The molecule has 0 saturated carbocycles. The summed E-state index contributed by atoms with van der Waals surface area (Å²) in [5.41, 5.74) is 8.55. The smallest absolute Gasteiger partial charge is 0.161 e. The number of hydrogen-bond acceptors (Lipinski definition) is 4. The second kappa shape index (κ2) is 7.87. The third kappa shape index (κ3) is 4.25. The average Bonchev–Trinajstić information content (AvgIpc) is 2.89. The Morgan fingerprint density at radius 2 is 1.90 bits per heavy atom. The summed E-state index contributed by atoms with van der Waals surface area (Å²) in [5.74, 6) is 2.22. The molecule has 0 spiro atoms. The molecule has 1 aliphatic rings. The van der Waals surface area contributed by atoms with Crippen molar-refractivity contribution in [2.24, 2.45) is 11.7 Å². The van der Waals surface area contributed by atoms with Crippen molar-refractivity contribution in [3.05, 3.63) is 23.3 Å². The molecule has 120 valence electrons. The summed E-state index contributed by atoms with van der Waals surface area (Å²) < 4.78 is 10.7. The number of nitrogens with two attached hydrogens (primary N) is 1. The van der Waals surface area contributed by atoms with Gasteiger partial charge < -0.3 is 15.2 Å². The molecule has 2 unspecified atom stereocenters. The standard InChI is InChI=1S/C16H26N2O2.ClH/c1-11-7-15(19-3)16(20-4)8-14(11)10-18-6-5-13(9-18)12(2)17;/h7-8,12-13H,5-6,9-10,17H2,1-4H3;1H. The lowest BCUT2D eigenvalue weighted by Gasteiger charge is -2.20. The first-order valence-electron chi connectivity index (χ1n) is 7.24. The van der Waals surface area contributed by atoms with Crippen LogP contribution in [0.15, 0.2) is 12.1 Å². The van der Waals surface area contributed by atoms with Crippen LogP contribution in [0.3, 0.4) is 0 Å². The van der Waals surface area contributed by atoms with Crippen molar-refractivity contribution in [1.82, 2.24) is 4.90 Å². The van der Waals surface area contributed by atoms with Crippen LogP contribution in [0.2, 0.25) is 0 Å². The molecule has 0 amide bonds. The fraction of sp³-hybridized carbons (Fsp3) is 0.625. The minimum Gasteiger partial charge on any atom is -0.493 e. The maximum Gasteiger partial charge on any atom is 0.161 e. The fourth-order valence-electron chi connectivity index (χ4n) is 2.87. The zero-order chi connectivity index (χ0) is 14.7. The Morgan fingerprint density at radius 3 is 2.43 bits per heavy atom. The van der Waals surface area contributed by atoms with Crippen molar-refractivity contribution < 1.29 is 9.47 Å². The van der Waals surface area contributed by atoms with Gasteiger partial charge in [0.05, 0.1) is 14.2 Å². The summed E-state index contributed by atoms with van der Waals surface area (Å²) in [5, 5.41) is 0. The molecule has 1 aliphatic heterocycles. The van der Waals surface area contributed by atoms with Gasteiger partial charge >= 0.3 is 0 Å². The van der Waals surface area contributed by atoms with E-state index in [0.717, 1.165) is 31.1 Å². The lowest BCUT2D eigenvalue weighted by molar-refractivity contribution is 0.306. The first-order chi connectivity index (χ1) is 9.55. The van der Waals surface area contributed by atoms with Crippen LogP contribution in [-0.4, -0.2) is 38.3 Å². The Hall–Kier alpha value is -0.970. The average molecular weight is 315 g/mol. The van der Waals surface area contributed by atoms with E-state index in [4.69, 9.17) is 15.2 Å². The Labute approximate surface area is 134 Å². The van der Waals surface area contributed by atoms with E-state index in [9.17, 15) is 0 Å². The second-order valence-corrected chi connectivity index (χ2v) is 5.78. The summed E-state index contributed by atoms with van der Waals surface area (Å²) in [6.45, 7) is 7.40. The van der Waals surface area contributed by atoms with Crippen molar-refractivity contribution in [3.63, 3.8) is 0 Å². The number of likely N-dealkylation sites (tertiary alicyclic amines) is 1. The highest BCUT2D eigenvalue weighted by Crippen LogP contribution is 2.31. The Morgan fingerprint density at radius 1 is 1.29 bits per heavy atom. The molecule has 2 N–H and O–H groups in total. The second-order valence-electron chi connectivity index (χ2n) is 5.78. The summed E-state index contributed by atoms with van der Waals surface area (Å²) >= 11 is 0. The lowest BCUT2D eigenvalue weighted by atomic mass is 10.0. The Balaban J connectivity index is 0.00000220. The first-order valence-corrected chi connectivity index (χ1v) is 7.24. The molecule has 1 aromatic carbocycles. The van der Waals surface area contributed by atoms with E-state index >= 15 is 0 Å². The number of rotatable bonds is 5. The molecule has 2 atom stereocenters. The maximum absolute atomic E-state index is 6.00. The van der Waals surface area contributed by atoms with E-state index in [1.165, 1.54) is 17.5 Å². The zero-order valence-electron chi connectivity index (χ0n) is 13.4. The summed E-state index contributed by atoms with van der Waals surface area (Å²) in [4.78, 5) is 2.47.